The lowest BCUT2D eigenvalue weighted by Crippen LogP contribution is -2.49. The number of hydrogen-bond acceptors (Lipinski definition) is 5. The smallest absolute Gasteiger partial charge is 0.230 e. The van der Waals surface area contributed by atoms with Gasteiger partial charge in [0.25, 0.3) is 0 Å². The van der Waals surface area contributed by atoms with Crippen molar-refractivity contribution in [2.24, 2.45) is 0 Å². The number of phenolic OH excluding ortho intramolecular Hbond substituents is 1. The monoisotopic (exact) mass is 409 g/mol. The first kappa shape index (κ1) is 20.3. The third-order valence-corrected chi connectivity index (χ3v) is 5.61. The minimum absolute atomic E-state index is 0.0473. The van der Waals surface area contributed by atoms with Crippen molar-refractivity contribution in [1.82, 2.24) is 4.90 Å². The summed E-state index contributed by atoms with van der Waals surface area (Å²) in [6.45, 7) is 7.18. The second-order valence-corrected chi connectivity index (χ2v) is 8.02. The first-order valence-electron chi connectivity index (χ1n) is 10.2. The van der Waals surface area contributed by atoms with Crippen LogP contribution in [0.4, 0.5) is 0 Å². The molecular weight excluding hydrogens is 382 g/mol. The summed E-state index contributed by atoms with van der Waals surface area (Å²) in [5.41, 5.74) is 2.51. The van der Waals surface area contributed by atoms with E-state index in [0.717, 1.165) is 22.1 Å². The summed E-state index contributed by atoms with van der Waals surface area (Å²) >= 11 is 0. The van der Waals surface area contributed by atoms with Crippen LogP contribution in [0.5, 0.6) is 11.5 Å². The molecule has 4 rings (SSSR count). The van der Waals surface area contributed by atoms with Crippen molar-refractivity contribution >= 4 is 16.9 Å². The third-order valence-electron chi connectivity index (χ3n) is 5.61. The van der Waals surface area contributed by atoms with Crippen LogP contribution < -0.4 is 4.74 Å². The summed E-state index contributed by atoms with van der Waals surface area (Å²) in [6, 6.07) is 12.9. The summed E-state index contributed by atoms with van der Waals surface area (Å²) in [5, 5.41) is 10.7. The van der Waals surface area contributed by atoms with Gasteiger partial charge in [-0.25, -0.2) is 0 Å². The van der Waals surface area contributed by atoms with Crippen LogP contribution in [0.25, 0.3) is 22.3 Å². The number of furan rings is 1. The molecular formula is C24H27NO5. The number of nitrogens with zero attached hydrogens (tertiary/aromatic N) is 1. The molecule has 0 saturated carbocycles. The summed E-state index contributed by atoms with van der Waals surface area (Å²) in [5.74, 6) is 1.01. The van der Waals surface area contributed by atoms with Crippen molar-refractivity contribution in [3.05, 3.63) is 48.0 Å². The molecule has 0 bridgehead atoms. The molecule has 3 aromatic rings. The highest BCUT2D eigenvalue weighted by molar-refractivity contribution is 5.88. The van der Waals surface area contributed by atoms with Crippen LogP contribution in [0, 0.1) is 0 Å². The Morgan fingerprint density at radius 3 is 2.57 bits per heavy atom. The van der Waals surface area contributed by atoms with Gasteiger partial charge in [-0.05, 0) is 62.7 Å². The Balaban J connectivity index is 1.60. The van der Waals surface area contributed by atoms with Crippen LogP contribution in [-0.2, 0) is 9.53 Å². The van der Waals surface area contributed by atoms with Gasteiger partial charge in [0, 0.05) is 24.0 Å². The quantitative estimate of drug-likeness (QED) is 0.684. The molecule has 158 valence electrons. The maximum atomic E-state index is 13.1. The van der Waals surface area contributed by atoms with Gasteiger partial charge in [-0.15, -0.1) is 0 Å². The summed E-state index contributed by atoms with van der Waals surface area (Å²) in [6.07, 6.45) is 0.0947. The molecule has 1 aliphatic heterocycles. The van der Waals surface area contributed by atoms with Crippen molar-refractivity contribution in [1.29, 1.82) is 0 Å². The van der Waals surface area contributed by atoms with E-state index >= 15 is 0 Å². The fourth-order valence-electron chi connectivity index (χ4n) is 4.08. The lowest BCUT2D eigenvalue weighted by atomic mass is 9.97. The second kappa shape index (κ2) is 8.03. The largest absolute Gasteiger partial charge is 0.504 e. The molecule has 3 atom stereocenters. The molecule has 1 amide bonds. The molecule has 30 heavy (non-hydrogen) atoms. The van der Waals surface area contributed by atoms with Gasteiger partial charge in [0.15, 0.2) is 11.5 Å². The van der Waals surface area contributed by atoms with E-state index in [0.29, 0.717) is 24.6 Å². The zero-order valence-corrected chi connectivity index (χ0v) is 17.7. The molecule has 6 nitrogen and oxygen atoms in total. The molecule has 1 N–H and O–H groups in total. The number of aromatic hydroxyl groups is 1. The number of morpholine rings is 1. The van der Waals surface area contributed by atoms with E-state index in [9.17, 15) is 9.90 Å². The highest BCUT2D eigenvalue weighted by Gasteiger charge is 2.29. The van der Waals surface area contributed by atoms with E-state index in [1.54, 1.807) is 18.2 Å². The summed E-state index contributed by atoms with van der Waals surface area (Å²) < 4.78 is 16.9. The lowest BCUT2D eigenvalue weighted by molar-refractivity contribution is -0.144. The fourth-order valence-corrected chi connectivity index (χ4v) is 4.08. The van der Waals surface area contributed by atoms with Gasteiger partial charge in [-0.1, -0.05) is 6.07 Å². The van der Waals surface area contributed by atoms with E-state index in [-0.39, 0.29) is 29.8 Å². The predicted molar refractivity (Wildman–Crippen MR) is 115 cm³/mol. The third kappa shape index (κ3) is 3.87. The Hall–Kier alpha value is -2.99. The maximum Gasteiger partial charge on any atom is 0.230 e. The number of ether oxygens (including phenoxy) is 2. The van der Waals surface area contributed by atoms with E-state index in [2.05, 4.69) is 0 Å². The number of benzene rings is 2. The molecule has 0 spiro atoms. The number of carbonyl (C=O) groups is 1. The number of carbonyl (C=O) groups excluding carboxylic acids is 1. The Morgan fingerprint density at radius 2 is 1.87 bits per heavy atom. The Labute approximate surface area is 176 Å². The number of methoxy groups -OCH3 is 1. The van der Waals surface area contributed by atoms with Crippen LogP contribution >= 0.6 is 0 Å². The molecule has 1 unspecified atom stereocenters. The topological polar surface area (TPSA) is 72.1 Å². The summed E-state index contributed by atoms with van der Waals surface area (Å²) in [7, 11) is 1.51. The standard InChI is InChI=1S/C24H27NO5/c1-14-12-25(13-15(2)29-14)24(27)16(3)17-6-8-21-19(9-17)11-22(30-21)18-5-7-20(26)23(10-18)28-4/h5-11,14-16,26H,12-13H2,1-4H3/t14-,15+,16?. The van der Waals surface area contributed by atoms with Crippen molar-refractivity contribution in [3.63, 3.8) is 0 Å². The zero-order valence-electron chi connectivity index (χ0n) is 17.7. The number of fused-ring (bicyclic) bond motifs is 1. The molecule has 2 aromatic carbocycles. The molecule has 0 radical (unpaired) electrons. The normalized spacial score (nSPS) is 20.3. The van der Waals surface area contributed by atoms with Gasteiger partial charge < -0.3 is 23.9 Å². The zero-order chi connectivity index (χ0) is 21.4. The molecule has 1 aromatic heterocycles. The van der Waals surface area contributed by atoms with Crippen molar-refractivity contribution in [3.8, 4) is 22.8 Å². The molecule has 1 saturated heterocycles. The van der Waals surface area contributed by atoms with Crippen molar-refractivity contribution < 1.29 is 23.8 Å². The summed E-state index contributed by atoms with van der Waals surface area (Å²) in [4.78, 5) is 15.0. The van der Waals surface area contributed by atoms with Crippen LogP contribution in [0.1, 0.15) is 32.3 Å². The highest BCUT2D eigenvalue weighted by atomic mass is 16.5. The first-order valence-corrected chi connectivity index (χ1v) is 10.2. The number of hydrogen-bond donors (Lipinski definition) is 1. The molecule has 2 heterocycles. The van der Waals surface area contributed by atoms with E-state index in [1.165, 1.54) is 7.11 Å². The fraction of sp³-hybridized carbons (Fsp3) is 0.375. The van der Waals surface area contributed by atoms with E-state index in [4.69, 9.17) is 13.9 Å². The van der Waals surface area contributed by atoms with Crippen LogP contribution in [0.3, 0.4) is 0 Å². The van der Waals surface area contributed by atoms with Crippen LogP contribution in [-0.4, -0.2) is 48.3 Å². The number of rotatable bonds is 4. The van der Waals surface area contributed by atoms with Gasteiger partial charge in [0.2, 0.25) is 5.91 Å². The Kier molecular flexibility index (Phi) is 5.43. The predicted octanol–water partition coefficient (Wildman–Crippen LogP) is 4.55. The molecule has 1 aliphatic rings. The molecule has 1 fully saturated rings. The van der Waals surface area contributed by atoms with Gasteiger partial charge in [-0.2, -0.15) is 0 Å². The Bertz CT molecular complexity index is 1060. The van der Waals surface area contributed by atoms with Crippen molar-refractivity contribution in [2.75, 3.05) is 20.2 Å². The van der Waals surface area contributed by atoms with Gasteiger partial charge >= 0.3 is 0 Å². The van der Waals surface area contributed by atoms with Crippen LogP contribution in [0.15, 0.2) is 46.9 Å². The minimum Gasteiger partial charge on any atom is -0.504 e. The average Bonchev–Trinajstić information content (AvgIpc) is 3.15. The van der Waals surface area contributed by atoms with E-state index in [1.807, 2.05) is 49.9 Å². The lowest BCUT2D eigenvalue weighted by Gasteiger charge is -2.36. The number of phenols is 1. The van der Waals surface area contributed by atoms with Gasteiger partial charge in [0.1, 0.15) is 11.3 Å². The highest BCUT2D eigenvalue weighted by Crippen LogP contribution is 2.35. The molecule has 6 heteroatoms. The second-order valence-electron chi connectivity index (χ2n) is 8.02. The van der Waals surface area contributed by atoms with Crippen molar-refractivity contribution in [2.45, 2.75) is 38.9 Å². The van der Waals surface area contributed by atoms with Crippen LogP contribution in [0.2, 0.25) is 0 Å². The van der Waals surface area contributed by atoms with Gasteiger partial charge in [-0.3, -0.25) is 4.79 Å². The minimum atomic E-state index is -0.251. The van der Waals surface area contributed by atoms with Gasteiger partial charge in [0.05, 0.1) is 25.2 Å². The SMILES string of the molecule is COc1cc(-c2cc3cc(C(C)C(=O)N4C[C@@H](C)O[C@@H](C)C4)ccc3o2)ccc1O. The maximum absolute atomic E-state index is 13.1. The number of amides is 1. The first-order chi connectivity index (χ1) is 14.4. The molecule has 0 aliphatic carbocycles. The van der Waals surface area contributed by atoms with E-state index < -0.39 is 0 Å². The average molecular weight is 409 g/mol. The Morgan fingerprint density at radius 1 is 1.13 bits per heavy atom.